The highest BCUT2D eigenvalue weighted by atomic mass is 19.1. The molecular formula is C14H16FN3O2. The number of hydrogen-bond donors (Lipinski definition) is 1. The first-order valence-electron chi connectivity index (χ1n) is 6.37. The Bertz CT molecular complexity index is 571. The van der Waals surface area contributed by atoms with Crippen molar-refractivity contribution in [3.63, 3.8) is 0 Å². The largest absolute Gasteiger partial charge is 0.344 e. The quantitative estimate of drug-likeness (QED) is 0.912. The molecule has 0 aromatic heterocycles. The highest BCUT2D eigenvalue weighted by molar-refractivity contribution is 6.39. The number of nitrogens with one attached hydrogen (secondary N) is 1. The lowest BCUT2D eigenvalue weighted by molar-refractivity contribution is -0.130. The van der Waals surface area contributed by atoms with Crippen molar-refractivity contribution in [2.24, 2.45) is 5.10 Å². The van der Waals surface area contributed by atoms with Crippen LogP contribution in [0.25, 0.3) is 0 Å². The van der Waals surface area contributed by atoms with Crippen LogP contribution in [0.5, 0.6) is 0 Å². The van der Waals surface area contributed by atoms with Gasteiger partial charge in [0.25, 0.3) is 5.91 Å². The molecule has 1 aromatic carbocycles. The van der Waals surface area contributed by atoms with Crippen LogP contribution in [0.15, 0.2) is 29.4 Å². The molecular weight excluding hydrogens is 261 g/mol. The van der Waals surface area contributed by atoms with Crippen molar-refractivity contribution in [1.82, 2.24) is 10.3 Å². The van der Waals surface area contributed by atoms with Crippen molar-refractivity contribution < 1.29 is 14.0 Å². The minimum absolute atomic E-state index is 0.111. The maximum Gasteiger partial charge on any atom is 0.267 e. The SMILES string of the molecule is CC(NC(=O)C1=NN(C)C(=O)CC1)c1cccc(F)c1. The van der Waals surface area contributed by atoms with Crippen molar-refractivity contribution in [3.8, 4) is 0 Å². The van der Waals surface area contributed by atoms with E-state index in [1.807, 2.05) is 0 Å². The number of carbonyl (C=O) groups is 2. The number of hydrazone groups is 1. The molecule has 106 valence electrons. The number of rotatable bonds is 3. The molecule has 1 unspecified atom stereocenters. The Hall–Kier alpha value is -2.24. The van der Waals surface area contributed by atoms with Gasteiger partial charge in [0.05, 0.1) is 6.04 Å². The monoisotopic (exact) mass is 277 g/mol. The minimum atomic E-state index is -0.344. The first-order valence-corrected chi connectivity index (χ1v) is 6.37. The van der Waals surface area contributed by atoms with Crippen LogP contribution >= 0.6 is 0 Å². The van der Waals surface area contributed by atoms with E-state index < -0.39 is 0 Å². The van der Waals surface area contributed by atoms with Gasteiger partial charge in [-0.1, -0.05) is 12.1 Å². The molecule has 1 N–H and O–H groups in total. The summed E-state index contributed by atoms with van der Waals surface area (Å²) in [6, 6.07) is 5.74. The number of benzene rings is 1. The number of halogens is 1. The van der Waals surface area contributed by atoms with Crippen molar-refractivity contribution in [3.05, 3.63) is 35.6 Å². The van der Waals surface area contributed by atoms with Gasteiger partial charge in [-0.2, -0.15) is 5.10 Å². The van der Waals surface area contributed by atoms with Crippen molar-refractivity contribution >= 4 is 17.5 Å². The summed E-state index contributed by atoms with van der Waals surface area (Å²) in [5, 5.41) is 7.87. The Morgan fingerprint density at radius 3 is 2.85 bits per heavy atom. The molecule has 1 aliphatic rings. The van der Waals surface area contributed by atoms with Gasteiger partial charge in [0.1, 0.15) is 11.5 Å². The summed E-state index contributed by atoms with van der Waals surface area (Å²) in [6.07, 6.45) is 0.599. The van der Waals surface area contributed by atoms with E-state index in [4.69, 9.17) is 0 Å². The van der Waals surface area contributed by atoms with E-state index >= 15 is 0 Å². The third-order valence-electron chi connectivity index (χ3n) is 3.17. The van der Waals surface area contributed by atoms with Gasteiger partial charge < -0.3 is 5.32 Å². The molecule has 0 radical (unpaired) electrons. The molecule has 0 bridgehead atoms. The third-order valence-corrected chi connectivity index (χ3v) is 3.17. The van der Waals surface area contributed by atoms with E-state index in [0.29, 0.717) is 17.7 Å². The number of hydrogen-bond acceptors (Lipinski definition) is 3. The van der Waals surface area contributed by atoms with E-state index in [1.54, 1.807) is 19.1 Å². The lowest BCUT2D eigenvalue weighted by Gasteiger charge is -2.20. The van der Waals surface area contributed by atoms with Gasteiger partial charge in [0.15, 0.2) is 0 Å². The zero-order chi connectivity index (χ0) is 14.7. The summed E-state index contributed by atoms with van der Waals surface area (Å²) in [5.74, 6) is -0.787. The fourth-order valence-corrected chi connectivity index (χ4v) is 1.97. The van der Waals surface area contributed by atoms with Gasteiger partial charge in [-0.25, -0.2) is 9.40 Å². The molecule has 0 saturated carbocycles. The predicted molar refractivity (Wildman–Crippen MR) is 72.4 cm³/mol. The summed E-state index contributed by atoms with van der Waals surface area (Å²) < 4.78 is 13.1. The lowest BCUT2D eigenvalue weighted by Crippen LogP contribution is -2.38. The summed E-state index contributed by atoms with van der Waals surface area (Å²) >= 11 is 0. The fourth-order valence-electron chi connectivity index (χ4n) is 1.97. The van der Waals surface area contributed by atoms with Gasteiger partial charge in [-0.05, 0) is 24.6 Å². The molecule has 1 atom stereocenters. The van der Waals surface area contributed by atoms with Crippen LogP contribution in [0.3, 0.4) is 0 Å². The van der Waals surface area contributed by atoms with Crippen molar-refractivity contribution in [2.45, 2.75) is 25.8 Å². The second-order valence-corrected chi connectivity index (χ2v) is 4.71. The standard InChI is InChI=1S/C14H16FN3O2/c1-9(10-4-3-5-11(15)8-10)16-14(20)12-6-7-13(19)18(2)17-12/h3-5,8-9H,6-7H2,1-2H3,(H,16,20). The van der Waals surface area contributed by atoms with Crippen LogP contribution in [-0.2, 0) is 9.59 Å². The van der Waals surface area contributed by atoms with Crippen LogP contribution in [0.2, 0.25) is 0 Å². The second kappa shape index (κ2) is 5.81. The average molecular weight is 277 g/mol. The first-order chi connectivity index (χ1) is 9.47. The summed E-state index contributed by atoms with van der Waals surface area (Å²) in [6.45, 7) is 1.77. The van der Waals surface area contributed by atoms with Crippen LogP contribution in [-0.4, -0.2) is 29.6 Å². The lowest BCUT2D eigenvalue weighted by atomic mass is 10.1. The minimum Gasteiger partial charge on any atom is -0.344 e. The number of nitrogens with zero attached hydrogens (tertiary/aromatic N) is 2. The smallest absolute Gasteiger partial charge is 0.267 e. The van der Waals surface area contributed by atoms with E-state index in [2.05, 4.69) is 10.4 Å². The van der Waals surface area contributed by atoms with Crippen molar-refractivity contribution in [1.29, 1.82) is 0 Å². The summed E-state index contributed by atoms with van der Waals surface area (Å²) in [4.78, 5) is 23.3. The summed E-state index contributed by atoms with van der Waals surface area (Å²) in [5.41, 5.74) is 0.995. The van der Waals surface area contributed by atoms with E-state index in [-0.39, 0.29) is 30.1 Å². The predicted octanol–water partition coefficient (Wildman–Crippen LogP) is 1.61. The molecule has 1 aliphatic heterocycles. The normalized spacial score (nSPS) is 16.6. The van der Waals surface area contributed by atoms with Crippen LogP contribution in [0, 0.1) is 5.82 Å². The fraction of sp³-hybridized carbons (Fsp3) is 0.357. The van der Waals surface area contributed by atoms with Gasteiger partial charge in [-0.15, -0.1) is 0 Å². The highest BCUT2D eigenvalue weighted by Crippen LogP contribution is 2.14. The van der Waals surface area contributed by atoms with Crippen molar-refractivity contribution in [2.75, 3.05) is 7.05 Å². The molecule has 1 heterocycles. The van der Waals surface area contributed by atoms with Crippen LogP contribution in [0.1, 0.15) is 31.4 Å². The van der Waals surface area contributed by atoms with E-state index in [0.717, 1.165) is 0 Å². The Kier molecular flexibility index (Phi) is 4.12. The topological polar surface area (TPSA) is 61.8 Å². The highest BCUT2D eigenvalue weighted by Gasteiger charge is 2.23. The molecule has 2 amide bonds. The Balaban J connectivity index is 2.05. The molecule has 5 nitrogen and oxygen atoms in total. The van der Waals surface area contributed by atoms with Crippen LogP contribution < -0.4 is 5.32 Å². The zero-order valence-electron chi connectivity index (χ0n) is 11.4. The maximum absolute atomic E-state index is 13.1. The molecule has 20 heavy (non-hydrogen) atoms. The molecule has 0 fully saturated rings. The molecule has 0 aliphatic carbocycles. The second-order valence-electron chi connectivity index (χ2n) is 4.71. The van der Waals surface area contributed by atoms with Gasteiger partial charge in [0, 0.05) is 19.9 Å². The molecule has 6 heteroatoms. The van der Waals surface area contributed by atoms with E-state index in [9.17, 15) is 14.0 Å². The Morgan fingerprint density at radius 2 is 2.20 bits per heavy atom. The Morgan fingerprint density at radius 1 is 1.45 bits per heavy atom. The zero-order valence-corrected chi connectivity index (χ0v) is 11.4. The maximum atomic E-state index is 13.1. The third kappa shape index (κ3) is 3.20. The average Bonchev–Trinajstić information content (AvgIpc) is 2.41. The van der Waals surface area contributed by atoms with E-state index in [1.165, 1.54) is 24.2 Å². The molecule has 1 aromatic rings. The van der Waals surface area contributed by atoms with Gasteiger partial charge in [0.2, 0.25) is 5.91 Å². The molecule has 0 spiro atoms. The first kappa shape index (κ1) is 14.2. The molecule has 2 rings (SSSR count). The van der Waals surface area contributed by atoms with Gasteiger partial charge in [-0.3, -0.25) is 9.59 Å². The van der Waals surface area contributed by atoms with Gasteiger partial charge >= 0.3 is 0 Å². The number of carbonyl (C=O) groups excluding carboxylic acids is 2. The number of amides is 2. The Labute approximate surface area is 116 Å². The summed E-state index contributed by atoms with van der Waals surface area (Å²) in [7, 11) is 1.52. The van der Waals surface area contributed by atoms with Crippen LogP contribution in [0.4, 0.5) is 4.39 Å². The molecule has 0 saturated heterocycles.